The van der Waals surface area contributed by atoms with Gasteiger partial charge in [-0.25, -0.2) is 9.37 Å². The van der Waals surface area contributed by atoms with Crippen molar-refractivity contribution in [3.8, 4) is 5.75 Å². The maximum absolute atomic E-state index is 13.0. The van der Waals surface area contributed by atoms with Crippen LogP contribution in [-0.2, 0) is 23.3 Å². The minimum Gasteiger partial charge on any atom is -0.867 e. The topological polar surface area (TPSA) is 116 Å². The van der Waals surface area contributed by atoms with Gasteiger partial charge in [-0.2, -0.15) is 0 Å². The molecule has 0 atom stereocenters. The van der Waals surface area contributed by atoms with E-state index in [2.05, 4.69) is 15.6 Å². The Kier molecular flexibility index (Phi) is 9.22. The molecule has 1 saturated carbocycles. The molecule has 10 heteroatoms. The van der Waals surface area contributed by atoms with Crippen LogP contribution in [0, 0.1) is 11.7 Å². The Morgan fingerprint density at radius 2 is 1.82 bits per heavy atom. The number of nitrogens with one attached hydrogen (secondary N) is 2. The molecular weight excluding hydrogens is 438 g/mol. The zero-order chi connectivity index (χ0) is 23.5. The van der Waals surface area contributed by atoms with Gasteiger partial charge in [0.25, 0.3) is 5.91 Å². The molecular formula is C23H28FN4NaO4. The first-order chi connectivity index (χ1) is 15.1. The molecule has 1 aliphatic carbocycles. The maximum Gasteiger partial charge on any atom is 1.00 e. The normalized spacial score (nSPS) is 13.2. The summed E-state index contributed by atoms with van der Waals surface area (Å²) in [6.45, 7) is 6.17. The molecule has 0 unspecified atom stereocenters. The van der Waals surface area contributed by atoms with Crippen LogP contribution < -0.4 is 50.9 Å². The largest absolute Gasteiger partial charge is 1.00 e. The number of aromatic nitrogens is 2. The number of halogens is 1. The second kappa shape index (κ2) is 11.3. The fourth-order valence-corrected chi connectivity index (χ4v) is 3.28. The number of nitrogens with zero attached hydrogens (tertiary/aromatic N) is 2. The van der Waals surface area contributed by atoms with Gasteiger partial charge in [0, 0.05) is 31.0 Å². The van der Waals surface area contributed by atoms with E-state index >= 15 is 0 Å². The molecule has 1 aromatic carbocycles. The van der Waals surface area contributed by atoms with Crippen molar-refractivity contribution in [1.82, 2.24) is 20.2 Å². The molecule has 0 spiro atoms. The minimum atomic E-state index is -0.975. The van der Waals surface area contributed by atoms with Gasteiger partial charge in [0.05, 0.1) is 0 Å². The Bertz CT molecular complexity index is 1060. The van der Waals surface area contributed by atoms with Gasteiger partial charge in [0.2, 0.25) is 11.5 Å². The van der Waals surface area contributed by atoms with Gasteiger partial charge < -0.3 is 15.7 Å². The molecule has 1 aromatic heterocycles. The van der Waals surface area contributed by atoms with Crippen LogP contribution in [0.5, 0.6) is 5.75 Å². The molecule has 3 rings (SSSR count). The summed E-state index contributed by atoms with van der Waals surface area (Å²) in [6.07, 6.45) is 2.28. The molecule has 1 fully saturated rings. The molecule has 0 saturated heterocycles. The molecule has 2 aromatic rings. The summed E-state index contributed by atoms with van der Waals surface area (Å²) < 4.78 is 14.3. The summed E-state index contributed by atoms with van der Waals surface area (Å²) in [6, 6.07) is 5.57. The first-order valence-corrected chi connectivity index (χ1v) is 10.7. The summed E-state index contributed by atoms with van der Waals surface area (Å²) >= 11 is 0. The van der Waals surface area contributed by atoms with Crippen molar-refractivity contribution in [2.45, 2.75) is 58.5 Å². The Balaban J connectivity index is 0.00000385. The summed E-state index contributed by atoms with van der Waals surface area (Å²) in [5.41, 5.74) is -1.23. The molecule has 8 nitrogen and oxygen atoms in total. The third kappa shape index (κ3) is 7.12. The van der Waals surface area contributed by atoms with E-state index in [1.807, 2.05) is 20.8 Å². The van der Waals surface area contributed by atoms with Crippen molar-refractivity contribution >= 4 is 11.8 Å². The van der Waals surface area contributed by atoms with E-state index in [1.54, 1.807) is 0 Å². The number of carbonyl (C=O) groups is 2. The summed E-state index contributed by atoms with van der Waals surface area (Å²) in [7, 11) is 0. The maximum atomic E-state index is 13.0. The smallest absolute Gasteiger partial charge is 0.867 e. The van der Waals surface area contributed by atoms with Crippen molar-refractivity contribution in [2.24, 2.45) is 5.92 Å². The van der Waals surface area contributed by atoms with Crippen molar-refractivity contribution in [1.29, 1.82) is 0 Å². The Morgan fingerprint density at radius 1 is 1.18 bits per heavy atom. The monoisotopic (exact) mass is 466 g/mol. The van der Waals surface area contributed by atoms with Crippen molar-refractivity contribution < 1.29 is 48.6 Å². The van der Waals surface area contributed by atoms with E-state index in [0.717, 1.165) is 12.8 Å². The van der Waals surface area contributed by atoms with Crippen LogP contribution in [-0.4, -0.2) is 27.9 Å². The number of benzene rings is 1. The third-order valence-electron chi connectivity index (χ3n) is 5.19. The quantitative estimate of drug-likeness (QED) is 0.367. The van der Waals surface area contributed by atoms with Crippen molar-refractivity contribution in [3.05, 3.63) is 57.5 Å². The fourth-order valence-electron chi connectivity index (χ4n) is 3.28. The van der Waals surface area contributed by atoms with E-state index in [4.69, 9.17) is 0 Å². The molecule has 33 heavy (non-hydrogen) atoms. The molecule has 0 radical (unpaired) electrons. The Morgan fingerprint density at radius 3 is 2.39 bits per heavy atom. The summed E-state index contributed by atoms with van der Waals surface area (Å²) in [5.74, 6) is -1.69. The average molecular weight is 466 g/mol. The second-order valence-corrected chi connectivity index (χ2v) is 9.05. The predicted molar refractivity (Wildman–Crippen MR) is 115 cm³/mol. The SMILES string of the molecule is CC(C)(C)c1nc(C(=O)NCc2ccc(F)cc2)c([O-])c(=O)n1CCCNC(=O)C1CC1.[Na+]. The van der Waals surface area contributed by atoms with Crippen molar-refractivity contribution in [2.75, 3.05) is 6.54 Å². The van der Waals surface area contributed by atoms with Crippen LogP contribution >= 0.6 is 0 Å². The van der Waals surface area contributed by atoms with Gasteiger partial charge in [-0.05, 0) is 42.7 Å². The molecule has 0 aliphatic heterocycles. The first-order valence-electron chi connectivity index (χ1n) is 10.7. The molecule has 2 amide bonds. The molecule has 0 bridgehead atoms. The van der Waals surface area contributed by atoms with Gasteiger partial charge in [-0.15, -0.1) is 0 Å². The second-order valence-electron chi connectivity index (χ2n) is 9.05. The number of hydrogen-bond acceptors (Lipinski definition) is 5. The van der Waals surface area contributed by atoms with Gasteiger partial charge in [0.15, 0.2) is 0 Å². The molecule has 1 aliphatic rings. The number of hydrogen-bond donors (Lipinski definition) is 2. The molecule has 2 N–H and O–H groups in total. The van der Waals surface area contributed by atoms with Crippen LogP contribution in [0.1, 0.15) is 61.9 Å². The zero-order valence-electron chi connectivity index (χ0n) is 19.5. The van der Waals surface area contributed by atoms with E-state index in [-0.39, 0.29) is 54.5 Å². The Hall–Kier alpha value is -2.23. The standard InChI is InChI=1S/C23H29FN4O4.Na/c1-23(2,3)22-27-17(20(31)26-13-14-5-9-16(24)10-6-14)18(29)21(32)28(22)12-4-11-25-19(30)15-7-8-15;/h5-6,9-10,15,29H,4,7-8,11-13H2,1-3H3,(H,25,30)(H,26,31);/q;+1/p-1. The number of carbonyl (C=O) groups excluding carboxylic acids is 2. The van der Waals surface area contributed by atoms with Gasteiger partial charge in [-0.3, -0.25) is 19.0 Å². The van der Waals surface area contributed by atoms with Gasteiger partial charge in [-0.1, -0.05) is 32.9 Å². The Labute approximate surface area is 214 Å². The minimum absolute atomic E-state index is 0. The van der Waals surface area contributed by atoms with E-state index in [9.17, 15) is 23.9 Å². The van der Waals surface area contributed by atoms with Gasteiger partial charge >= 0.3 is 29.6 Å². The zero-order valence-corrected chi connectivity index (χ0v) is 21.5. The van der Waals surface area contributed by atoms with Crippen LogP contribution in [0.4, 0.5) is 4.39 Å². The van der Waals surface area contributed by atoms with E-state index < -0.39 is 34.1 Å². The predicted octanol–water partition coefficient (Wildman–Crippen LogP) is -1.40. The third-order valence-corrected chi connectivity index (χ3v) is 5.19. The number of rotatable bonds is 8. The van der Waals surface area contributed by atoms with Gasteiger partial charge in [0.1, 0.15) is 17.3 Å². The van der Waals surface area contributed by atoms with Crippen LogP contribution in [0.3, 0.4) is 0 Å². The van der Waals surface area contributed by atoms with E-state index in [0.29, 0.717) is 24.4 Å². The van der Waals surface area contributed by atoms with Crippen molar-refractivity contribution in [3.63, 3.8) is 0 Å². The number of amides is 2. The summed E-state index contributed by atoms with van der Waals surface area (Å²) in [4.78, 5) is 41.5. The van der Waals surface area contributed by atoms with E-state index in [1.165, 1.54) is 28.8 Å². The van der Waals surface area contributed by atoms with Crippen LogP contribution in [0.2, 0.25) is 0 Å². The molecule has 172 valence electrons. The van der Waals surface area contributed by atoms with Crippen LogP contribution in [0.25, 0.3) is 0 Å². The fraction of sp³-hybridized carbons (Fsp3) is 0.478. The first kappa shape index (κ1) is 27.0. The molecule has 1 heterocycles. The van der Waals surface area contributed by atoms with Crippen LogP contribution in [0.15, 0.2) is 29.1 Å². The average Bonchev–Trinajstić information content (AvgIpc) is 3.58. The summed E-state index contributed by atoms with van der Waals surface area (Å²) in [5, 5.41) is 18.0.